The Kier molecular flexibility index (Phi) is 7.39. The number of piperazine rings is 1. The van der Waals surface area contributed by atoms with Gasteiger partial charge in [0.15, 0.2) is 6.54 Å². The van der Waals surface area contributed by atoms with Crippen molar-refractivity contribution in [3.63, 3.8) is 0 Å². The molecule has 0 radical (unpaired) electrons. The van der Waals surface area contributed by atoms with Crippen LogP contribution in [0, 0.1) is 0 Å². The number of imide groups is 1. The molecule has 26 heavy (non-hydrogen) atoms. The van der Waals surface area contributed by atoms with Gasteiger partial charge in [-0.3, -0.25) is 10.1 Å². The Morgan fingerprint density at radius 3 is 2.38 bits per heavy atom. The minimum atomic E-state index is -3.56. The zero-order valence-electron chi connectivity index (χ0n) is 14.6. The Bertz CT molecular complexity index is 731. The molecule has 1 aromatic rings. The fourth-order valence-corrected chi connectivity index (χ4v) is 4.22. The second-order valence-electron chi connectivity index (χ2n) is 6.09. The number of carbonyl (C=O) groups is 2. The topological polar surface area (TPSA) is 100 Å². The van der Waals surface area contributed by atoms with Gasteiger partial charge in [0.25, 0.3) is 5.91 Å². The van der Waals surface area contributed by atoms with Crippen molar-refractivity contribution in [1.82, 2.24) is 14.9 Å². The summed E-state index contributed by atoms with van der Waals surface area (Å²) >= 11 is 5.80. The van der Waals surface area contributed by atoms with E-state index >= 15 is 0 Å². The standard InChI is InChI=1S/C16H23ClN4O4S/c1-2-7-18-16(23)19-15(22)12-20-8-10-21(11-9-20)26(24,25)14-5-3-13(17)4-6-14/h3-6H,2,7-12H2,1H3,(H2,18,19,22,23)/p+1. The van der Waals surface area contributed by atoms with Crippen LogP contribution in [0.5, 0.6) is 0 Å². The van der Waals surface area contributed by atoms with Gasteiger partial charge in [-0.25, -0.2) is 13.2 Å². The highest BCUT2D eigenvalue weighted by atomic mass is 35.5. The van der Waals surface area contributed by atoms with Crippen LogP contribution in [0.1, 0.15) is 13.3 Å². The largest absolute Gasteiger partial charge is 0.338 e. The van der Waals surface area contributed by atoms with Gasteiger partial charge >= 0.3 is 6.03 Å². The van der Waals surface area contributed by atoms with Gasteiger partial charge in [0.2, 0.25) is 10.0 Å². The number of sulfonamides is 1. The quantitative estimate of drug-likeness (QED) is 0.594. The summed E-state index contributed by atoms with van der Waals surface area (Å²) in [4.78, 5) is 24.5. The van der Waals surface area contributed by atoms with Gasteiger partial charge in [-0.15, -0.1) is 0 Å². The fraction of sp³-hybridized carbons (Fsp3) is 0.500. The summed E-state index contributed by atoms with van der Waals surface area (Å²) in [5.41, 5.74) is 0. The molecule has 0 spiro atoms. The molecule has 2 rings (SSSR count). The minimum absolute atomic E-state index is 0.133. The molecule has 1 fully saturated rings. The lowest BCUT2D eigenvalue weighted by Gasteiger charge is -2.31. The molecule has 0 atom stereocenters. The highest BCUT2D eigenvalue weighted by molar-refractivity contribution is 7.89. The van der Waals surface area contributed by atoms with E-state index in [1.807, 2.05) is 6.92 Å². The summed E-state index contributed by atoms with van der Waals surface area (Å²) in [5, 5.41) is 5.33. The number of amides is 3. The number of quaternary nitrogens is 1. The molecule has 1 heterocycles. The second kappa shape index (κ2) is 9.31. The lowest BCUT2D eigenvalue weighted by atomic mass is 10.3. The Morgan fingerprint density at radius 1 is 1.19 bits per heavy atom. The molecular weight excluding hydrogens is 380 g/mol. The molecule has 144 valence electrons. The summed E-state index contributed by atoms with van der Waals surface area (Å²) in [6, 6.07) is 5.56. The zero-order chi connectivity index (χ0) is 19.2. The maximum Gasteiger partial charge on any atom is 0.321 e. The maximum atomic E-state index is 12.6. The van der Waals surface area contributed by atoms with Crippen molar-refractivity contribution in [3.8, 4) is 0 Å². The molecule has 0 bridgehead atoms. The summed E-state index contributed by atoms with van der Waals surface area (Å²) in [7, 11) is -3.56. The summed E-state index contributed by atoms with van der Waals surface area (Å²) < 4.78 is 26.6. The van der Waals surface area contributed by atoms with E-state index in [0.29, 0.717) is 37.7 Å². The predicted molar refractivity (Wildman–Crippen MR) is 97.6 cm³/mol. The van der Waals surface area contributed by atoms with Crippen molar-refractivity contribution in [2.75, 3.05) is 39.3 Å². The van der Waals surface area contributed by atoms with Crippen LogP contribution in [0.4, 0.5) is 4.79 Å². The third-order valence-corrected chi connectivity index (χ3v) is 6.24. The van der Waals surface area contributed by atoms with Crippen LogP contribution >= 0.6 is 11.6 Å². The number of benzene rings is 1. The molecule has 1 saturated heterocycles. The Labute approximate surface area is 158 Å². The average molecular weight is 404 g/mol. The number of hydrogen-bond acceptors (Lipinski definition) is 4. The van der Waals surface area contributed by atoms with Gasteiger partial charge in [0, 0.05) is 11.6 Å². The van der Waals surface area contributed by atoms with Crippen LogP contribution in [-0.2, 0) is 14.8 Å². The number of nitrogens with zero attached hydrogens (tertiary/aromatic N) is 1. The van der Waals surface area contributed by atoms with Crippen molar-refractivity contribution in [2.45, 2.75) is 18.2 Å². The monoisotopic (exact) mass is 403 g/mol. The lowest BCUT2D eigenvalue weighted by molar-refractivity contribution is -0.895. The van der Waals surface area contributed by atoms with Gasteiger partial charge in [-0.2, -0.15) is 4.31 Å². The van der Waals surface area contributed by atoms with Gasteiger partial charge in [0.1, 0.15) is 0 Å². The van der Waals surface area contributed by atoms with Crippen molar-refractivity contribution in [2.24, 2.45) is 0 Å². The van der Waals surface area contributed by atoms with Gasteiger partial charge in [0.05, 0.1) is 31.1 Å². The Balaban J connectivity index is 1.84. The van der Waals surface area contributed by atoms with E-state index in [0.717, 1.165) is 11.3 Å². The number of urea groups is 1. The maximum absolute atomic E-state index is 12.6. The van der Waals surface area contributed by atoms with Gasteiger partial charge < -0.3 is 10.2 Å². The molecule has 1 aliphatic heterocycles. The third-order valence-electron chi connectivity index (χ3n) is 4.08. The zero-order valence-corrected chi connectivity index (χ0v) is 16.2. The molecular formula is C16H24ClN4O4S+. The van der Waals surface area contributed by atoms with Crippen molar-refractivity contribution in [1.29, 1.82) is 0 Å². The lowest BCUT2D eigenvalue weighted by Crippen LogP contribution is -3.15. The van der Waals surface area contributed by atoms with E-state index in [1.165, 1.54) is 16.4 Å². The van der Waals surface area contributed by atoms with Crippen molar-refractivity contribution >= 4 is 33.6 Å². The predicted octanol–water partition coefficient (Wildman–Crippen LogP) is -0.535. The first-order valence-corrected chi connectivity index (χ1v) is 10.3. The van der Waals surface area contributed by atoms with Crippen LogP contribution in [0.25, 0.3) is 0 Å². The molecule has 1 aliphatic rings. The molecule has 0 saturated carbocycles. The normalized spacial score (nSPS) is 16.2. The summed E-state index contributed by atoms with van der Waals surface area (Å²) in [6.45, 7) is 4.18. The average Bonchev–Trinajstić information content (AvgIpc) is 2.60. The van der Waals surface area contributed by atoms with Crippen LogP contribution in [0.2, 0.25) is 5.02 Å². The number of hydrogen-bond donors (Lipinski definition) is 3. The van der Waals surface area contributed by atoms with E-state index in [1.54, 1.807) is 12.1 Å². The molecule has 0 aromatic heterocycles. The van der Waals surface area contributed by atoms with Crippen LogP contribution in [-0.4, -0.2) is 63.9 Å². The molecule has 3 amide bonds. The molecule has 3 N–H and O–H groups in total. The SMILES string of the molecule is CCCNC(=O)NC(=O)C[NH+]1CCN(S(=O)(=O)c2ccc(Cl)cc2)CC1. The summed E-state index contributed by atoms with van der Waals surface area (Å²) in [5.74, 6) is -0.373. The molecule has 0 unspecified atom stereocenters. The fourth-order valence-electron chi connectivity index (χ4n) is 2.66. The Hall–Kier alpha value is -1.68. The number of rotatable bonds is 6. The first-order valence-electron chi connectivity index (χ1n) is 8.50. The van der Waals surface area contributed by atoms with E-state index in [-0.39, 0.29) is 17.3 Å². The van der Waals surface area contributed by atoms with E-state index < -0.39 is 16.1 Å². The van der Waals surface area contributed by atoms with Gasteiger partial charge in [-0.1, -0.05) is 18.5 Å². The van der Waals surface area contributed by atoms with Crippen LogP contribution in [0.15, 0.2) is 29.2 Å². The van der Waals surface area contributed by atoms with Crippen LogP contribution in [0.3, 0.4) is 0 Å². The third kappa shape index (κ3) is 5.66. The first-order chi connectivity index (χ1) is 12.3. The smallest absolute Gasteiger partial charge is 0.321 e. The number of nitrogens with one attached hydrogen (secondary N) is 3. The van der Waals surface area contributed by atoms with Crippen molar-refractivity contribution < 1.29 is 22.9 Å². The van der Waals surface area contributed by atoms with Crippen LogP contribution < -0.4 is 15.5 Å². The summed E-state index contributed by atoms with van der Waals surface area (Å²) in [6.07, 6.45) is 0.789. The van der Waals surface area contributed by atoms with Gasteiger partial charge in [-0.05, 0) is 30.7 Å². The molecule has 1 aromatic carbocycles. The first kappa shape index (κ1) is 20.6. The minimum Gasteiger partial charge on any atom is -0.338 e. The van der Waals surface area contributed by atoms with E-state index in [4.69, 9.17) is 11.6 Å². The number of halogens is 1. The molecule has 8 nitrogen and oxygen atoms in total. The van der Waals surface area contributed by atoms with E-state index in [9.17, 15) is 18.0 Å². The number of carbonyl (C=O) groups excluding carboxylic acids is 2. The van der Waals surface area contributed by atoms with Crippen molar-refractivity contribution in [3.05, 3.63) is 29.3 Å². The second-order valence-corrected chi connectivity index (χ2v) is 8.46. The molecule has 0 aliphatic carbocycles. The highest BCUT2D eigenvalue weighted by Crippen LogP contribution is 2.18. The highest BCUT2D eigenvalue weighted by Gasteiger charge is 2.31. The van der Waals surface area contributed by atoms with E-state index in [2.05, 4.69) is 10.6 Å². The Morgan fingerprint density at radius 2 is 1.81 bits per heavy atom. The molecule has 10 heteroatoms.